The molecule has 2 aliphatic carbocycles. The van der Waals surface area contributed by atoms with Gasteiger partial charge in [0.2, 0.25) is 0 Å². The maximum atomic E-state index is 3.12. The summed E-state index contributed by atoms with van der Waals surface area (Å²) in [5.74, 6) is 0. The van der Waals surface area contributed by atoms with E-state index in [1.165, 1.54) is 11.1 Å². The van der Waals surface area contributed by atoms with Gasteiger partial charge in [-0.25, -0.2) is 23.3 Å². The smallest absolute Gasteiger partial charge is 0.270 e. The molecule has 0 N–H and O–H groups in total. The van der Waals surface area contributed by atoms with Crippen molar-refractivity contribution in [3.8, 4) is 0 Å². The fourth-order valence-electron chi connectivity index (χ4n) is 1.03. The Kier molecular flexibility index (Phi) is 11.1. The average molecular weight is 243 g/mol. The van der Waals surface area contributed by atoms with Crippen molar-refractivity contribution in [3.63, 3.8) is 0 Å². The molecule has 74 valence electrons. The molecule has 2 aliphatic rings. The predicted molar refractivity (Wildman–Crippen MR) is 59.6 cm³/mol. The molecule has 0 aliphatic heterocycles. The maximum Gasteiger partial charge on any atom is 2.00 e. The van der Waals surface area contributed by atoms with E-state index in [9.17, 15) is 0 Å². The van der Waals surface area contributed by atoms with E-state index in [1.54, 1.807) is 0 Å². The van der Waals surface area contributed by atoms with Gasteiger partial charge in [0, 0.05) is 0 Å². The Balaban J connectivity index is 0. The Hall–Kier alpha value is -0.0357. The fraction of sp³-hybridized carbons (Fsp3) is 0.333. The van der Waals surface area contributed by atoms with Crippen molar-refractivity contribution in [2.75, 3.05) is 0 Å². The van der Waals surface area contributed by atoms with Crippen LogP contribution in [0, 0.1) is 12.2 Å². The molecular formula is C12H15ClTi. The standard InChI is InChI=1S/2C6H7.ClH.Ti/c2*1-6-4-2-3-5-6;;/h2*2,4H,3H2,1H3;1H;/q2*-1;;+2. The molecule has 0 spiro atoms. The number of hydrogen-bond acceptors (Lipinski definition) is 0. The Morgan fingerprint density at radius 2 is 1.29 bits per heavy atom. The molecular weight excluding hydrogens is 227 g/mol. The van der Waals surface area contributed by atoms with E-state index in [4.69, 9.17) is 0 Å². The first-order valence-corrected chi connectivity index (χ1v) is 4.27. The van der Waals surface area contributed by atoms with Gasteiger partial charge in [0.15, 0.2) is 0 Å². The van der Waals surface area contributed by atoms with E-state index in [0.29, 0.717) is 0 Å². The third-order valence-corrected chi connectivity index (χ3v) is 1.73. The van der Waals surface area contributed by atoms with Crippen LogP contribution in [0.25, 0.3) is 0 Å². The summed E-state index contributed by atoms with van der Waals surface area (Å²) in [6.07, 6.45) is 16.7. The van der Waals surface area contributed by atoms with Gasteiger partial charge in [-0.1, -0.05) is 13.8 Å². The van der Waals surface area contributed by atoms with Gasteiger partial charge in [0.05, 0.1) is 0 Å². The quantitative estimate of drug-likeness (QED) is 0.448. The number of allylic oxidation sites excluding steroid dienone is 8. The minimum absolute atomic E-state index is 0. The van der Waals surface area contributed by atoms with Crippen molar-refractivity contribution in [1.82, 2.24) is 0 Å². The van der Waals surface area contributed by atoms with Crippen molar-refractivity contribution >= 4 is 12.4 Å². The Bertz CT molecular complexity index is 226. The van der Waals surface area contributed by atoms with Crippen molar-refractivity contribution < 1.29 is 21.7 Å². The van der Waals surface area contributed by atoms with E-state index >= 15 is 0 Å². The predicted octanol–water partition coefficient (Wildman–Crippen LogP) is 3.81. The first-order valence-electron chi connectivity index (χ1n) is 4.27. The molecule has 0 atom stereocenters. The van der Waals surface area contributed by atoms with Crippen LogP contribution in [0.15, 0.2) is 35.5 Å². The molecule has 0 aromatic carbocycles. The molecule has 0 saturated heterocycles. The molecule has 0 bridgehead atoms. The second-order valence-electron chi connectivity index (χ2n) is 2.93. The zero-order valence-corrected chi connectivity index (χ0v) is 11.0. The zero-order chi connectivity index (χ0) is 8.81. The van der Waals surface area contributed by atoms with Crippen LogP contribution in [0.1, 0.15) is 26.7 Å². The molecule has 2 rings (SSSR count). The third kappa shape index (κ3) is 7.38. The van der Waals surface area contributed by atoms with Crippen molar-refractivity contribution in [3.05, 3.63) is 47.6 Å². The molecule has 0 radical (unpaired) electrons. The van der Waals surface area contributed by atoms with E-state index in [0.717, 1.165) is 12.8 Å². The molecule has 2 heteroatoms. The van der Waals surface area contributed by atoms with Gasteiger partial charge in [-0.15, -0.1) is 25.2 Å². The Morgan fingerprint density at radius 3 is 1.36 bits per heavy atom. The average Bonchev–Trinajstić information content (AvgIpc) is 2.63. The van der Waals surface area contributed by atoms with E-state index in [-0.39, 0.29) is 34.1 Å². The second-order valence-corrected chi connectivity index (χ2v) is 2.93. The molecule has 0 heterocycles. The van der Waals surface area contributed by atoms with Crippen molar-refractivity contribution in [2.24, 2.45) is 0 Å². The summed E-state index contributed by atoms with van der Waals surface area (Å²) >= 11 is 0. The third-order valence-electron chi connectivity index (χ3n) is 1.73. The maximum absolute atomic E-state index is 3.12. The summed E-state index contributed by atoms with van der Waals surface area (Å²) in [5.41, 5.74) is 2.55. The summed E-state index contributed by atoms with van der Waals surface area (Å²) < 4.78 is 0. The van der Waals surface area contributed by atoms with Gasteiger partial charge in [0.1, 0.15) is 0 Å². The topological polar surface area (TPSA) is 0 Å². The molecule has 0 nitrogen and oxygen atoms in total. The van der Waals surface area contributed by atoms with Crippen LogP contribution in [-0.4, -0.2) is 0 Å². The number of rotatable bonds is 0. The van der Waals surface area contributed by atoms with E-state index in [2.05, 4.69) is 50.3 Å². The zero-order valence-electron chi connectivity index (χ0n) is 8.63. The number of halogens is 1. The minimum Gasteiger partial charge on any atom is -0.270 e. The van der Waals surface area contributed by atoms with Gasteiger partial charge in [0.25, 0.3) is 0 Å². The Morgan fingerprint density at radius 1 is 0.929 bits per heavy atom. The summed E-state index contributed by atoms with van der Waals surface area (Å²) in [6.45, 7) is 4.12. The summed E-state index contributed by atoms with van der Waals surface area (Å²) in [7, 11) is 0. The summed E-state index contributed by atoms with van der Waals surface area (Å²) in [5, 5.41) is 0. The van der Waals surface area contributed by atoms with Crippen molar-refractivity contribution in [2.45, 2.75) is 26.7 Å². The molecule has 0 aromatic heterocycles. The first kappa shape index (κ1) is 16.4. The van der Waals surface area contributed by atoms with Gasteiger partial charge in [-0.05, 0) is 0 Å². The van der Waals surface area contributed by atoms with E-state index in [1.807, 2.05) is 0 Å². The molecule has 0 saturated carbocycles. The van der Waals surface area contributed by atoms with Crippen LogP contribution in [0.3, 0.4) is 0 Å². The fourth-order valence-corrected chi connectivity index (χ4v) is 1.03. The van der Waals surface area contributed by atoms with Gasteiger partial charge >= 0.3 is 21.7 Å². The first-order chi connectivity index (χ1) is 5.79. The molecule has 0 unspecified atom stereocenters. The molecule has 0 fully saturated rings. The monoisotopic (exact) mass is 242 g/mol. The minimum atomic E-state index is 0. The normalized spacial score (nSPS) is 15.9. The van der Waals surface area contributed by atoms with Gasteiger partial charge in [-0.3, -0.25) is 12.2 Å². The van der Waals surface area contributed by atoms with E-state index < -0.39 is 0 Å². The largest absolute Gasteiger partial charge is 2.00 e. The van der Waals surface area contributed by atoms with Crippen LogP contribution in [0.5, 0.6) is 0 Å². The van der Waals surface area contributed by atoms with Crippen LogP contribution in [0.4, 0.5) is 0 Å². The van der Waals surface area contributed by atoms with Crippen LogP contribution >= 0.6 is 12.4 Å². The van der Waals surface area contributed by atoms with Crippen molar-refractivity contribution in [1.29, 1.82) is 0 Å². The van der Waals surface area contributed by atoms with Crippen LogP contribution in [-0.2, 0) is 21.7 Å². The van der Waals surface area contributed by atoms with Crippen LogP contribution in [0.2, 0.25) is 0 Å². The molecule has 14 heavy (non-hydrogen) atoms. The Labute approximate surface area is 108 Å². The number of hydrogen-bond donors (Lipinski definition) is 0. The summed E-state index contributed by atoms with van der Waals surface area (Å²) in [4.78, 5) is 0. The molecule has 0 amide bonds. The van der Waals surface area contributed by atoms with Gasteiger partial charge in [-0.2, -0.15) is 12.2 Å². The molecule has 0 aromatic rings. The van der Waals surface area contributed by atoms with Crippen LogP contribution < -0.4 is 0 Å². The van der Waals surface area contributed by atoms with Gasteiger partial charge < -0.3 is 0 Å². The SMILES string of the molecule is CC1=[C-]CC=C1.CC1=[C-]CC=C1.Cl.[Ti+2]. The second kappa shape index (κ2) is 9.52. The summed E-state index contributed by atoms with van der Waals surface area (Å²) in [6, 6.07) is 0.